The van der Waals surface area contributed by atoms with Gasteiger partial charge in [0.05, 0.1) is 0 Å². The largest absolute Gasteiger partial charge is 0.373 e. The molecule has 0 amide bonds. The SMILES string of the molecule is CN(CCN1CCC(N)CC1)c1ccccc1. The molecule has 1 saturated heterocycles. The Bertz CT molecular complexity index is 317. The van der Waals surface area contributed by atoms with Gasteiger partial charge in [0, 0.05) is 31.9 Å². The van der Waals surface area contributed by atoms with Crippen molar-refractivity contribution in [2.75, 3.05) is 38.1 Å². The standard InChI is InChI=1S/C14H23N3/c1-16(14-5-3-2-4-6-14)11-12-17-9-7-13(15)8-10-17/h2-6,13H,7-12,15H2,1H3. The summed E-state index contributed by atoms with van der Waals surface area (Å²) in [4.78, 5) is 4.83. The third-order valence-corrected chi connectivity index (χ3v) is 3.58. The van der Waals surface area contributed by atoms with E-state index in [2.05, 4.69) is 47.2 Å². The van der Waals surface area contributed by atoms with Crippen molar-refractivity contribution in [2.24, 2.45) is 5.73 Å². The van der Waals surface area contributed by atoms with Crippen molar-refractivity contribution in [1.29, 1.82) is 0 Å². The fraction of sp³-hybridized carbons (Fsp3) is 0.571. The Morgan fingerprint density at radius 3 is 2.53 bits per heavy atom. The van der Waals surface area contributed by atoms with E-state index < -0.39 is 0 Å². The molecule has 3 heteroatoms. The first-order chi connectivity index (χ1) is 8.25. The highest BCUT2D eigenvalue weighted by atomic mass is 15.2. The lowest BCUT2D eigenvalue weighted by Crippen LogP contribution is -2.42. The molecule has 1 fully saturated rings. The summed E-state index contributed by atoms with van der Waals surface area (Å²) in [6.07, 6.45) is 2.30. The Labute approximate surface area is 104 Å². The summed E-state index contributed by atoms with van der Waals surface area (Å²) in [5, 5.41) is 0. The van der Waals surface area contributed by atoms with Gasteiger partial charge in [-0.2, -0.15) is 0 Å². The van der Waals surface area contributed by atoms with Crippen molar-refractivity contribution < 1.29 is 0 Å². The number of likely N-dealkylation sites (N-methyl/N-ethyl adjacent to an activating group) is 1. The van der Waals surface area contributed by atoms with E-state index in [1.54, 1.807) is 0 Å². The zero-order valence-corrected chi connectivity index (χ0v) is 10.7. The van der Waals surface area contributed by atoms with Crippen LogP contribution in [0.4, 0.5) is 5.69 Å². The molecule has 1 aromatic rings. The lowest BCUT2D eigenvalue weighted by Gasteiger charge is -2.31. The van der Waals surface area contributed by atoms with Gasteiger partial charge in [0.1, 0.15) is 0 Å². The summed E-state index contributed by atoms with van der Waals surface area (Å²) in [6, 6.07) is 11.0. The molecule has 0 bridgehead atoms. The van der Waals surface area contributed by atoms with Crippen molar-refractivity contribution in [3.63, 3.8) is 0 Å². The van der Waals surface area contributed by atoms with Crippen molar-refractivity contribution in [2.45, 2.75) is 18.9 Å². The van der Waals surface area contributed by atoms with Crippen molar-refractivity contribution in [3.8, 4) is 0 Å². The second-order valence-corrected chi connectivity index (χ2v) is 4.94. The maximum atomic E-state index is 5.91. The van der Waals surface area contributed by atoms with E-state index in [1.807, 2.05) is 0 Å². The van der Waals surface area contributed by atoms with Crippen LogP contribution in [0.5, 0.6) is 0 Å². The summed E-state index contributed by atoms with van der Waals surface area (Å²) in [6.45, 7) is 4.53. The van der Waals surface area contributed by atoms with E-state index in [0.717, 1.165) is 39.0 Å². The number of likely N-dealkylation sites (tertiary alicyclic amines) is 1. The summed E-state index contributed by atoms with van der Waals surface area (Å²) in [7, 11) is 2.16. The second kappa shape index (κ2) is 6.03. The molecule has 0 aromatic heterocycles. The Morgan fingerprint density at radius 2 is 1.88 bits per heavy atom. The lowest BCUT2D eigenvalue weighted by atomic mass is 10.1. The number of anilines is 1. The summed E-state index contributed by atoms with van der Waals surface area (Å²) in [5.74, 6) is 0. The minimum absolute atomic E-state index is 0.429. The van der Waals surface area contributed by atoms with Crippen LogP contribution in [0, 0.1) is 0 Å². The number of piperidine rings is 1. The fourth-order valence-electron chi connectivity index (χ4n) is 2.28. The van der Waals surface area contributed by atoms with Crippen LogP contribution in [0.25, 0.3) is 0 Å². The minimum Gasteiger partial charge on any atom is -0.373 e. The van der Waals surface area contributed by atoms with Crippen LogP contribution in [-0.4, -0.2) is 44.2 Å². The van der Waals surface area contributed by atoms with Gasteiger partial charge in [-0.1, -0.05) is 18.2 Å². The zero-order chi connectivity index (χ0) is 12.1. The predicted molar refractivity (Wildman–Crippen MR) is 73.4 cm³/mol. The number of nitrogens with two attached hydrogens (primary N) is 1. The molecule has 0 aliphatic carbocycles. The summed E-state index contributed by atoms with van der Waals surface area (Å²) >= 11 is 0. The monoisotopic (exact) mass is 233 g/mol. The first kappa shape index (κ1) is 12.4. The average molecular weight is 233 g/mol. The average Bonchev–Trinajstić information content (AvgIpc) is 2.39. The van der Waals surface area contributed by atoms with E-state index in [4.69, 9.17) is 5.73 Å². The van der Waals surface area contributed by atoms with Crippen molar-refractivity contribution in [3.05, 3.63) is 30.3 Å². The molecule has 1 heterocycles. The number of para-hydroxylation sites is 1. The number of rotatable bonds is 4. The van der Waals surface area contributed by atoms with Crippen LogP contribution >= 0.6 is 0 Å². The van der Waals surface area contributed by atoms with E-state index in [0.29, 0.717) is 6.04 Å². The van der Waals surface area contributed by atoms with E-state index in [1.165, 1.54) is 5.69 Å². The van der Waals surface area contributed by atoms with Crippen molar-refractivity contribution in [1.82, 2.24) is 4.90 Å². The summed E-state index contributed by atoms with van der Waals surface area (Å²) < 4.78 is 0. The molecular formula is C14H23N3. The first-order valence-corrected chi connectivity index (χ1v) is 6.50. The van der Waals surface area contributed by atoms with Crippen LogP contribution in [0.3, 0.4) is 0 Å². The van der Waals surface area contributed by atoms with E-state index in [9.17, 15) is 0 Å². The van der Waals surface area contributed by atoms with E-state index in [-0.39, 0.29) is 0 Å². The van der Waals surface area contributed by atoms with Crippen LogP contribution < -0.4 is 10.6 Å². The van der Waals surface area contributed by atoms with Gasteiger partial charge < -0.3 is 15.5 Å². The molecule has 1 aromatic carbocycles. The van der Waals surface area contributed by atoms with Gasteiger partial charge in [-0.3, -0.25) is 0 Å². The van der Waals surface area contributed by atoms with Crippen molar-refractivity contribution >= 4 is 5.69 Å². The number of hydrogen-bond acceptors (Lipinski definition) is 3. The molecule has 0 unspecified atom stereocenters. The molecule has 0 spiro atoms. The van der Waals surface area contributed by atoms with Gasteiger partial charge in [-0.15, -0.1) is 0 Å². The van der Waals surface area contributed by atoms with Crippen LogP contribution in [0.1, 0.15) is 12.8 Å². The Morgan fingerprint density at radius 1 is 1.24 bits per heavy atom. The van der Waals surface area contributed by atoms with Crippen LogP contribution in [0.2, 0.25) is 0 Å². The van der Waals surface area contributed by atoms with Gasteiger partial charge >= 0.3 is 0 Å². The molecule has 1 aliphatic rings. The highest BCUT2D eigenvalue weighted by Crippen LogP contribution is 2.12. The molecule has 1 aliphatic heterocycles. The Balaban J connectivity index is 1.75. The molecular weight excluding hydrogens is 210 g/mol. The van der Waals surface area contributed by atoms with Gasteiger partial charge in [0.25, 0.3) is 0 Å². The third kappa shape index (κ3) is 3.72. The van der Waals surface area contributed by atoms with Crippen LogP contribution in [-0.2, 0) is 0 Å². The normalized spacial score (nSPS) is 18.2. The fourth-order valence-corrected chi connectivity index (χ4v) is 2.28. The summed E-state index contributed by atoms with van der Waals surface area (Å²) in [5.41, 5.74) is 7.20. The van der Waals surface area contributed by atoms with Gasteiger partial charge in [-0.05, 0) is 38.1 Å². The molecule has 94 valence electrons. The molecule has 0 radical (unpaired) electrons. The molecule has 2 rings (SSSR count). The number of hydrogen-bond donors (Lipinski definition) is 1. The number of nitrogens with zero attached hydrogens (tertiary/aromatic N) is 2. The predicted octanol–water partition coefficient (Wildman–Crippen LogP) is 1.55. The third-order valence-electron chi connectivity index (χ3n) is 3.58. The first-order valence-electron chi connectivity index (χ1n) is 6.50. The molecule has 0 atom stereocenters. The van der Waals surface area contributed by atoms with Gasteiger partial charge in [0.15, 0.2) is 0 Å². The highest BCUT2D eigenvalue weighted by Gasteiger charge is 2.15. The Kier molecular flexibility index (Phi) is 4.40. The lowest BCUT2D eigenvalue weighted by molar-refractivity contribution is 0.218. The van der Waals surface area contributed by atoms with Gasteiger partial charge in [0.2, 0.25) is 0 Å². The molecule has 0 saturated carbocycles. The molecule has 17 heavy (non-hydrogen) atoms. The maximum Gasteiger partial charge on any atom is 0.0364 e. The second-order valence-electron chi connectivity index (χ2n) is 4.94. The smallest absolute Gasteiger partial charge is 0.0364 e. The number of benzene rings is 1. The topological polar surface area (TPSA) is 32.5 Å². The van der Waals surface area contributed by atoms with E-state index >= 15 is 0 Å². The highest BCUT2D eigenvalue weighted by molar-refractivity contribution is 5.44. The quantitative estimate of drug-likeness (QED) is 0.856. The minimum atomic E-state index is 0.429. The van der Waals surface area contributed by atoms with Gasteiger partial charge in [-0.25, -0.2) is 0 Å². The molecule has 3 nitrogen and oxygen atoms in total. The molecule has 2 N–H and O–H groups in total. The zero-order valence-electron chi connectivity index (χ0n) is 10.7. The Hall–Kier alpha value is -1.06. The van der Waals surface area contributed by atoms with Crippen LogP contribution in [0.15, 0.2) is 30.3 Å². The maximum absolute atomic E-state index is 5.91.